The molecule has 0 bridgehead atoms. The topological polar surface area (TPSA) is 0 Å². The summed E-state index contributed by atoms with van der Waals surface area (Å²) in [4.78, 5) is 0. The Bertz CT molecular complexity index is 452. The summed E-state index contributed by atoms with van der Waals surface area (Å²) in [5.41, 5.74) is 0. The predicted octanol–water partition coefficient (Wildman–Crippen LogP) is 3.57. The molecule has 0 aromatic heterocycles. The monoisotopic (exact) mass is 278 g/mol. The molecular formula is C16H24P2. The van der Waals surface area contributed by atoms with Gasteiger partial charge < -0.3 is 0 Å². The van der Waals surface area contributed by atoms with Crippen molar-refractivity contribution in [3.8, 4) is 0 Å². The van der Waals surface area contributed by atoms with Gasteiger partial charge in [-0.2, -0.15) is 0 Å². The molecule has 0 N–H and O–H groups in total. The molecule has 2 rings (SSSR count). The van der Waals surface area contributed by atoms with Gasteiger partial charge in [-0.25, -0.2) is 0 Å². The third-order valence-corrected chi connectivity index (χ3v) is 22.3. The Morgan fingerprint density at radius 2 is 0.778 bits per heavy atom. The van der Waals surface area contributed by atoms with Gasteiger partial charge in [0.25, 0.3) is 0 Å². The van der Waals surface area contributed by atoms with E-state index in [2.05, 4.69) is 87.3 Å². The maximum absolute atomic E-state index is 2.53. The molecule has 0 fully saturated rings. The van der Waals surface area contributed by atoms with Gasteiger partial charge in [-0.3, -0.25) is 0 Å². The third kappa shape index (κ3) is 2.37. The molecule has 0 aliphatic rings. The molecule has 0 heterocycles. The third-order valence-electron chi connectivity index (χ3n) is 4.55. The van der Waals surface area contributed by atoms with Crippen molar-refractivity contribution in [3.63, 3.8) is 0 Å². The van der Waals surface area contributed by atoms with Gasteiger partial charge >= 0.3 is 112 Å². The molecule has 0 aliphatic heterocycles. The molecule has 0 saturated heterocycles. The quantitative estimate of drug-likeness (QED) is 0.753. The Kier molecular flexibility index (Phi) is 3.90. The fraction of sp³-hybridized carbons (Fsp3) is 0.250. The van der Waals surface area contributed by atoms with Crippen LogP contribution in [-0.4, -0.2) is 26.7 Å². The first-order valence-electron chi connectivity index (χ1n) is 6.57. The van der Waals surface area contributed by atoms with Crippen LogP contribution in [0, 0.1) is 0 Å². The van der Waals surface area contributed by atoms with Gasteiger partial charge in [-0.15, -0.1) is 0 Å². The first kappa shape index (κ1) is 13.7. The van der Waals surface area contributed by atoms with Gasteiger partial charge in [-0.1, -0.05) is 0 Å². The molecule has 0 radical (unpaired) electrons. The summed E-state index contributed by atoms with van der Waals surface area (Å²) in [6.45, 7) is 7.30. The fourth-order valence-electron chi connectivity index (χ4n) is 2.43. The van der Waals surface area contributed by atoms with Gasteiger partial charge in [0.15, 0.2) is 0 Å². The molecule has 0 saturated carbocycles. The van der Waals surface area contributed by atoms with E-state index in [4.69, 9.17) is 0 Å². The average Bonchev–Trinajstić information content (AvgIpc) is 2.40. The average molecular weight is 278 g/mol. The molecule has 2 aromatic rings. The Balaban J connectivity index is 2.47. The summed E-state index contributed by atoms with van der Waals surface area (Å²) in [5, 5.41) is 3.18. The van der Waals surface area contributed by atoms with E-state index < -0.39 is 13.9 Å². The van der Waals surface area contributed by atoms with Crippen LogP contribution in [0.3, 0.4) is 0 Å². The number of rotatable bonds is 3. The first-order chi connectivity index (χ1) is 8.46. The van der Waals surface area contributed by atoms with E-state index in [0.717, 1.165) is 0 Å². The van der Waals surface area contributed by atoms with Crippen molar-refractivity contribution in [2.75, 3.05) is 26.7 Å². The summed E-state index contributed by atoms with van der Waals surface area (Å²) < 4.78 is 0. The minimum atomic E-state index is -1.41. The van der Waals surface area contributed by atoms with Gasteiger partial charge in [0.2, 0.25) is 0 Å². The van der Waals surface area contributed by atoms with Crippen LogP contribution in [-0.2, 0) is 0 Å². The zero-order valence-electron chi connectivity index (χ0n) is 11.8. The van der Waals surface area contributed by atoms with Crippen LogP contribution in [0.1, 0.15) is 0 Å². The summed E-state index contributed by atoms with van der Waals surface area (Å²) in [6.07, 6.45) is 0. The molecule has 18 heavy (non-hydrogen) atoms. The molecule has 0 unspecified atom stereocenters. The van der Waals surface area contributed by atoms with Crippen LogP contribution in [0.5, 0.6) is 0 Å². The second kappa shape index (κ2) is 5.12. The molecular weight excluding hydrogens is 254 g/mol. The standard InChI is InChI=1S/C16H24P2/c1-17(2,15-11-7-5-8-12-15)18(3,4)16-13-9-6-10-14-16/h5-14,17-18H,1-4H3. The normalized spacial score (nSPS) is 14.2. The van der Waals surface area contributed by atoms with E-state index in [1.807, 2.05) is 0 Å². The van der Waals surface area contributed by atoms with Gasteiger partial charge in [-0.05, 0) is 0 Å². The van der Waals surface area contributed by atoms with Crippen molar-refractivity contribution >= 4 is 24.5 Å². The number of benzene rings is 2. The van der Waals surface area contributed by atoms with E-state index >= 15 is 0 Å². The van der Waals surface area contributed by atoms with Crippen LogP contribution < -0.4 is 10.6 Å². The summed E-state index contributed by atoms with van der Waals surface area (Å²) in [6, 6.07) is 22.2. The van der Waals surface area contributed by atoms with E-state index in [0.29, 0.717) is 0 Å². The molecule has 0 aliphatic carbocycles. The van der Waals surface area contributed by atoms with E-state index in [-0.39, 0.29) is 0 Å². The van der Waals surface area contributed by atoms with Crippen LogP contribution in [0.4, 0.5) is 0 Å². The molecule has 0 amide bonds. The fourth-order valence-corrected chi connectivity index (χ4v) is 11.3. The minimum absolute atomic E-state index is 1.41. The Hall–Kier alpha value is -0.700. The molecule has 0 atom stereocenters. The summed E-state index contributed by atoms with van der Waals surface area (Å²) >= 11 is 0. The molecule has 0 spiro atoms. The SMILES string of the molecule is C[PH](C)(c1ccccc1)[PH](C)(C)c1ccccc1. The van der Waals surface area contributed by atoms with E-state index in [9.17, 15) is 0 Å². The van der Waals surface area contributed by atoms with Crippen molar-refractivity contribution in [1.82, 2.24) is 0 Å². The van der Waals surface area contributed by atoms with Crippen molar-refractivity contribution in [3.05, 3.63) is 60.7 Å². The molecule has 0 nitrogen and oxygen atoms in total. The number of hydrogen-bond acceptors (Lipinski definition) is 0. The number of hydrogen-bond donors (Lipinski definition) is 0. The Morgan fingerprint density at radius 1 is 0.500 bits per heavy atom. The van der Waals surface area contributed by atoms with Gasteiger partial charge in [0.05, 0.1) is 0 Å². The van der Waals surface area contributed by atoms with E-state index in [1.54, 1.807) is 10.6 Å². The van der Waals surface area contributed by atoms with Crippen molar-refractivity contribution in [2.45, 2.75) is 0 Å². The van der Waals surface area contributed by atoms with Crippen LogP contribution in [0.2, 0.25) is 0 Å². The zero-order valence-corrected chi connectivity index (χ0v) is 13.8. The van der Waals surface area contributed by atoms with E-state index in [1.165, 1.54) is 0 Å². The van der Waals surface area contributed by atoms with Crippen LogP contribution in [0.15, 0.2) is 60.7 Å². The zero-order chi connectivity index (χ0) is 13.2. The first-order valence-corrected chi connectivity index (χ1v) is 13.6. The van der Waals surface area contributed by atoms with Gasteiger partial charge in [0.1, 0.15) is 0 Å². The van der Waals surface area contributed by atoms with Crippen LogP contribution >= 0.6 is 13.9 Å². The maximum atomic E-state index is 2.53. The van der Waals surface area contributed by atoms with Gasteiger partial charge in [0, 0.05) is 0 Å². The molecule has 2 heteroatoms. The second-order valence-electron chi connectivity index (χ2n) is 5.98. The molecule has 2 aromatic carbocycles. The summed E-state index contributed by atoms with van der Waals surface area (Å²) in [5.74, 6) is 0. The second-order valence-corrected chi connectivity index (χ2v) is 21.1. The molecule has 98 valence electrons. The van der Waals surface area contributed by atoms with Crippen molar-refractivity contribution in [2.24, 2.45) is 0 Å². The Morgan fingerprint density at radius 3 is 1.06 bits per heavy atom. The summed E-state index contributed by atoms with van der Waals surface area (Å²) in [7, 11) is 0. The van der Waals surface area contributed by atoms with Crippen molar-refractivity contribution < 1.29 is 0 Å². The van der Waals surface area contributed by atoms with Crippen molar-refractivity contribution in [1.29, 1.82) is 0 Å². The Labute approximate surface area is 112 Å². The van der Waals surface area contributed by atoms with Crippen LogP contribution in [0.25, 0.3) is 0 Å². The predicted molar refractivity (Wildman–Crippen MR) is 92.5 cm³/mol.